The summed E-state index contributed by atoms with van der Waals surface area (Å²) in [6.07, 6.45) is 3.22. The molecule has 0 aliphatic rings. The van der Waals surface area contributed by atoms with Crippen LogP contribution >= 0.6 is 11.6 Å². The fourth-order valence-corrected chi connectivity index (χ4v) is 4.26. The zero-order valence-corrected chi connectivity index (χ0v) is 18.6. The Hall–Kier alpha value is -3.58. The minimum atomic E-state index is -4.43. The highest BCUT2D eigenvalue weighted by atomic mass is 35.5. The number of hydrogen-bond acceptors (Lipinski definition) is 8. The lowest BCUT2D eigenvalue weighted by molar-refractivity contribution is 0.291. The van der Waals surface area contributed by atoms with E-state index in [-0.39, 0.29) is 16.7 Å². The number of H-pyrrole nitrogens is 1. The lowest BCUT2D eigenvalue weighted by Gasteiger charge is -2.13. The van der Waals surface area contributed by atoms with Gasteiger partial charge in [-0.25, -0.2) is 32.2 Å². The second kappa shape index (κ2) is 8.75. The highest BCUT2D eigenvalue weighted by molar-refractivity contribution is 7.92. The summed E-state index contributed by atoms with van der Waals surface area (Å²) in [7, 11) is -3.22. The maximum absolute atomic E-state index is 15.0. The molecule has 10 nitrogen and oxygen atoms in total. The van der Waals surface area contributed by atoms with Crippen molar-refractivity contribution >= 4 is 38.5 Å². The molecule has 172 valence electrons. The molecule has 0 aliphatic carbocycles. The zero-order chi connectivity index (χ0) is 23.8. The van der Waals surface area contributed by atoms with E-state index in [4.69, 9.17) is 21.1 Å². The Morgan fingerprint density at radius 2 is 1.94 bits per heavy atom. The Bertz CT molecular complexity index is 1460. The van der Waals surface area contributed by atoms with E-state index < -0.39 is 44.5 Å². The van der Waals surface area contributed by atoms with Crippen LogP contribution in [0.15, 0.2) is 35.6 Å². The molecule has 33 heavy (non-hydrogen) atoms. The van der Waals surface area contributed by atoms with Crippen molar-refractivity contribution < 1.29 is 26.7 Å². The van der Waals surface area contributed by atoms with E-state index in [2.05, 4.69) is 25.1 Å². The van der Waals surface area contributed by atoms with Gasteiger partial charge in [-0.05, 0) is 19.1 Å². The monoisotopic (exact) mass is 496 g/mol. The quantitative estimate of drug-likeness (QED) is 0.398. The molecular formula is C19H15ClF2N6O4S. The SMILES string of the molecule is COc1ncc(Cl)cc1S(=O)(=O)Nc1ncc(F)c(COc2cnc3[nH]nc(C)c3c2)c1F. The number of ether oxygens (including phenoxy) is 2. The third kappa shape index (κ3) is 4.50. The van der Waals surface area contributed by atoms with Crippen LogP contribution in [0.25, 0.3) is 11.0 Å². The van der Waals surface area contributed by atoms with Gasteiger partial charge in [0, 0.05) is 11.6 Å². The molecule has 0 saturated carbocycles. The number of sulfonamides is 1. The van der Waals surface area contributed by atoms with Crippen LogP contribution in [-0.2, 0) is 16.6 Å². The van der Waals surface area contributed by atoms with Crippen LogP contribution in [0.2, 0.25) is 5.02 Å². The van der Waals surface area contributed by atoms with Crippen molar-refractivity contribution in [1.82, 2.24) is 25.1 Å². The number of nitrogens with zero attached hydrogens (tertiary/aromatic N) is 4. The van der Waals surface area contributed by atoms with Gasteiger partial charge in [0.25, 0.3) is 10.0 Å². The molecule has 2 N–H and O–H groups in total. The molecule has 0 amide bonds. The number of aryl methyl sites for hydroxylation is 1. The second-order valence-corrected chi connectivity index (χ2v) is 8.77. The zero-order valence-electron chi connectivity index (χ0n) is 17.1. The fraction of sp³-hybridized carbons (Fsp3) is 0.158. The lowest BCUT2D eigenvalue weighted by Crippen LogP contribution is -2.18. The van der Waals surface area contributed by atoms with E-state index in [0.29, 0.717) is 22.9 Å². The molecule has 0 atom stereocenters. The van der Waals surface area contributed by atoms with Gasteiger partial charge in [0.05, 0.1) is 35.8 Å². The van der Waals surface area contributed by atoms with Crippen molar-refractivity contribution in [2.45, 2.75) is 18.4 Å². The van der Waals surface area contributed by atoms with Gasteiger partial charge in [0.1, 0.15) is 12.4 Å². The Balaban J connectivity index is 1.61. The third-order valence-corrected chi connectivity index (χ3v) is 6.07. The van der Waals surface area contributed by atoms with Crippen LogP contribution < -0.4 is 14.2 Å². The Kier molecular flexibility index (Phi) is 5.99. The molecule has 4 aromatic heterocycles. The second-order valence-electron chi connectivity index (χ2n) is 6.68. The van der Waals surface area contributed by atoms with Gasteiger partial charge in [0.2, 0.25) is 5.88 Å². The molecule has 4 rings (SSSR count). The maximum Gasteiger partial charge on any atom is 0.268 e. The number of hydrogen-bond donors (Lipinski definition) is 2. The van der Waals surface area contributed by atoms with E-state index in [1.54, 1.807) is 13.0 Å². The normalized spacial score (nSPS) is 11.5. The predicted molar refractivity (Wildman–Crippen MR) is 114 cm³/mol. The van der Waals surface area contributed by atoms with Crippen molar-refractivity contribution in [3.05, 3.63) is 58.6 Å². The van der Waals surface area contributed by atoms with Crippen molar-refractivity contribution in [3.8, 4) is 11.6 Å². The summed E-state index contributed by atoms with van der Waals surface area (Å²) in [5.41, 5.74) is 0.665. The Morgan fingerprint density at radius 1 is 1.15 bits per heavy atom. The molecule has 0 radical (unpaired) electrons. The molecule has 14 heteroatoms. The minimum Gasteiger partial charge on any atom is -0.487 e. The van der Waals surface area contributed by atoms with Crippen LogP contribution in [0.5, 0.6) is 11.6 Å². The van der Waals surface area contributed by atoms with Gasteiger partial charge in [-0.1, -0.05) is 11.6 Å². The maximum atomic E-state index is 15.0. The van der Waals surface area contributed by atoms with E-state index in [0.717, 1.165) is 6.07 Å². The number of anilines is 1. The van der Waals surface area contributed by atoms with Crippen molar-refractivity contribution in [3.63, 3.8) is 0 Å². The van der Waals surface area contributed by atoms with Crippen molar-refractivity contribution in [2.75, 3.05) is 11.8 Å². The molecule has 0 aliphatic heterocycles. The molecule has 4 aromatic rings. The topological polar surface area (TPSA) is 132 Å². The van der Waals surface area contributed by atoms with E-state index >= 15 is 0 Å². The minimum absolute atomic E-state index is 0.0104. The summed E-state index contributed by atoms with van der Waals surface area (Å²) in [5, 5.41) is 7.43. The molecular weight excluding hydrogens is 482 g/mol. The smallest absolute Gasteiger partial charge is 0.268 e. The van der Waals surface area contributed by atoms with Crippen LogP contribution in [0, 0.1) is 18.6 Å². The van der Waals surface area contributed by atoms with Gasteiger partial charge >= 0.3 is 0 Å². The molecule has 0 bridgehead atoms. The first-order chi connectivity index (χ1) is 15.7. The molecule has 0 unspecified atom stereocenters. The summed E-state index contributed by atoms with van der Waals surface area (Å²) in [4.78, 5) is 10.9. The van der Waals surface area contributed by atoms with Crippen LogP contribution in [0.1, 0.15) is 11.3 Å². The average Bonchev–Trinajstić information content (AvgIpc) is 3.16. The van der Waals surface area contributed by atoms with Crippen LogP contribution in [0.4, 0.5) is 14.6 Å². The fourth-order valence-electron chi connectivity index (χ4n) is 2.89. The summed E-state index contributed by atoms with van der Waals surface area (Å²) in [6.45, 7) is 1.20. The summed E-state index contributed by atoms with van der Waals surface area (Å²) in [5.74, 6) is -3.04. The standard InChI is InChI=1S/C19H15ClF2N6O4S/c1-9-12-4-11(6-23-17(12)27-26-9)32-8-13-14(21)7-24-18(16(13)22)28-33(29,30)15-3-10(20)5-25-19(15)31-2/h3-7H,8H2,1-2H3,(H,24,28)(H,23,26,27). The number of aromatic amines is 1. The van der Waals surface area contributed by atoms with Crippen LogP contribution in [0.3, 0.4) is 0 Å². The number of pyridine rings is 3. The first kappa shape index (κ1) is 22.6. The third-order valence-electron chi connectivity index (χ3n) is 4.53. The van der Waals surface area contributed by atoms with Crippen LogP contribution in [-0.4, -0.2) is 40.7 Å². The van der Waals surface area contributed by atoms with Crippen molar-refractivity contribution in [1.29, 1.82) is 0 Å². The first-order valence-electron chi connectivity index (χ1n) is 9.18. The number of methoxy groups -OCH3 is 1. The largest absolute Gasteiger partial charge is 0.487 e. The lowest BCUT2D eigenvalue weighted by atomic mass is 10.2. The number of halogens is 3. The van der Waals surface area contributed by atoms with Gasteiger partial charge in [-0.3, -0.25) is 9.82 Å². The number of nitrogens with one attached hydrogen (secondary N) is 2. The molecule has 4 heterocycles. The summed E-state index contributed by atoms with van der Waals surface area (Å²) >= 11 is 5.82. The van der Waals surface area contributed by atoms with E-state index in [1.165, 1.54) is 19.5 Å². The Labute approximate surface area is 191 Å². The van der Waals surface area contributed by atoms with Gasteiger partial charge in [-0.15, -0.1) is 0 Å². The molecule has 0 saturated heterocycles. The summed E-state index contributed by atoms with van der Waals surface area (Å²) < 4.78 is 67.1. The van der Waals surface area contributed by atoms with E-state index in [9.17, 15) is 17.2 Å². The highest BCUT2D eigenvalue weighted by Crippen LogP contribution is 2.28. The number of aromatic nitrogens is 5. The Morgan fingerprint density at radius 3 is 2.70 bits per heavy atom. The summed E-state index contributed by atoms with van der Waals surface area (Å²) in [6, 6.07) is 2.68. The number of rotatable bonds is 7. The van der Waals surface area contributed by atoms with Crippen molar-refractivity contribution in [2.24, 2.45) is 0 Å². The van der Waals surface area contributed by atoms with Gasteiger partial charge in [0.15, 0.2) is 28.0 Å². The average molecular weight is 497 g/mol. The first-order valence-corrected chi connectivity index (χ1v) is 11.0. The molecule has 0 spiro atoms. The van der Waals surface area contributed by atoms with Gasteiger partial charge < -0.3 is 9.47 Å². The molecule has 0 fully saturated rings. The molecule has 0 aromatic carbocycles. The highest BCUT2D eigenvalue weighted by Gasteiger charge is 2.25. The number of fused-ring (bicyclic) bond motifs is 1. The van der Waals surface area contributed by atoms with Gasteiger partial charge in [-0.2, -0.15) is 5.10 Å². The van der Waals surface area contributed by atoms with E-state index in [1.807, 2.05) is 4.72 Å². The predicted octanol–water partition coefficient (Wildman–Crippen LogP) is 3.38.